The highest BCUT2D eigenvalue weighted by molar-refractivity contribution is 5.97. The number of carboxylic acid groups (broad SMARTS) is 2. The number of H-pyrrole nitrogens is 3. The van der Waals surface area contributed by atoms with Gasteiger partial charge in [0.25, 0.3) is 0 Å². The van der Waals surface area contributed by atoms with Gasteiger partial charge < -0.3 is 118 Å². The van der Waals surface area contributed by atoms with Crippen LogP contribution in [0.25, 0.3) is 0 Å². The first-order chi connectivity index (χ1) is 59.7. The summed E-state index contributed by atoms with van der Waals surface area (Å²) < 4.78 is 0. The van der Waals surface area contributed by atoms with Crippen molar-refractivity contribution in [3.05, 3.63) is 120 Å². The zero-order chi connectivity index (χ0) is 93.2. The van der Waals surface area contributed by atoms with Crippen LogP contribution in [0.4, 0.5) is 0 Å². The molecule has 0 saturated carbocycles. The highest BCUT2D eigenvalue weighted by Crippen LogP contribution is 2.27. The van der Waals surface area contributed by atoms with E-state index < -0.39 is 216 Å². The van der Waals surface area contributed by atoms with Gasteiger partial charge in [0.1, 0.15) is 78.3 Å². The van der Waals surface area contributed by atoms with Gasteiger partial charge in [0.15, 0.2) is 23.8 Å². The summed E-state index contributed by atoms with van der Waals surface area (Å²) in [6, 6.07) is -5.69. The molecule has 5 aromatic rings. The highest BCUT2D eigenvalue weighted by Gasteiger charge is 2.40. The molecule has 0 bridgehead atoms. The molecule has 6 rings (SSSR count). The second-order valence-electron chi connectivity index (χ2n) is 31.9. The van der Waals surface area contributed by atoms with Gasteiger partial charge in [-0.15, -0.1) is 0 Å². The fraction of sp³-hybridized carbons (Fsp3) is 0.542. The number of hydrogen-bond acceptors (Lipinski definition) is 22. The number of aliphatic imine (C=N–C) groups is 12. The zero-order valence-corrected chi connectivity index (χ0v) is 72.1. The van der Waals surface area contributed by atoms with Crippen molar-refractivity contribution in [2.24, 2.45) is 101 Å². The molecule has 16 atom stereocenters. The van der Waals surface area contributed by atoms with E-state index in [4.69, 9.17) is 22.3 Å². The first-order valence-corrected chi connectivity index (χ1v) is 41.4. The van der Waals surface area contributed by atoms with Crippen LogP contribution in [0.3, 0.4) is 0 Å². The second kappa shape index (κ2) is 49.8. The summed E-state index contributed by atoms with van der Waals surface area (Å²) in [6.07, 6.45) is 7.05. The lowest BCUT2D eigenvalue weighted by Gasteiger charge is -2.28. The Bertz CT molecular complexity index is 4700. The molecule has 1 amide bonds. The third kappa shape index (κ3) is 32.4. The van der Waals surface area contributed by atoms with Crippen LogP contribution < -0.4 is 16.8 Å². The van der Waals surface area contributed by atoms with Crippen molar-refractivity contribution in [1.29, 1.82) is 10.8 Å². The van der Waals surface area contributed by atoms with Gasteiger partial charge in [-0.1, -0.05) is 125 Å². The molecule has 3 aromatic heterocycles. The normalized spacial score (nSPS) is 18.6. The van der Waals surface area contributed by atoms with Gasteiger partial charge in [0.05, 0.1) is 37.9 Å². The number of aliphatic carboxylic acids is 2. The summed E-state index contributed by atoms with van der Waals surface area (Å²) in [5.74, 6) is -16.8. The smallest absolute Gasteiger partial charge is 0.329 e. The van der Waals surface area contributed by atoms with E-state index in [1.807, 2.05) is 13.8 Å². The molecule has 1 aliphatic heterocycles. The minimum absolute atomic E-state index is 0.0206. The van der Waals surface area contributed by atoms with Crippen molar-refractivity contribution in [2.75, 3.05) is 13.1 Å². The van der Waals surface area contributed by atoms with Crippen LogP contribution in [0.1, 0.15) is 155 Å². The molecule has 43 nitrogen and oxygen atoms in total. The summed E-state index contributed by atoms with van der Waals surface area (Å²) in [7, 11) is 0. The second-order valence-corrected chi connectivity index (χ2v) is 31.9. The number of carbonyl (C=O) groups is 3. The number of nitrogens with one attached hydrogen (secondary N) is 6. The molecular weight excluding hydrogens is 1640 g/mol. The molecular formula is C83H122N24O19. The van der Waals surface area contributed by atoms with Gasteiger partial charge in [0.2, 0.25) is 70.8 Å². The molecule has 1 fully saturated rings. The number of aromatic hydroxyl groups is 1. The number of likely N-dealkylation sites (tertiary alicyclic amines) is 1. The minimum atomic E-state index is -1.81. The van der Waals surface area contributed by atoms with Crippen LogP contribution in [0.2, 0.25) is 0 Å². The molecule has 4 heterocycles. The lowest BCUT2D eigenvalue weighted by Crippen LogP contribution is -2.46. The maximum atomic E-state index is 15.4. The number of aliphatic hydroxyl groups excluding tert-OH is 13. The van der Waals surface area contributed by atoms with Crippen molar-refractivity contribution in [1.82, 2.24) is 40.1 Å². The van der Waals surface area contributed by atoms with Crippen molar-refractivity contribution in [3.8, 4) is 5.75 Å². The van der Waals surface area contributed by atoms with E-state index in [2.05, 4.69) is 95.1 Å². The van der Waals surface area contributed by atoms with Crippen molar-refractivity contribution >= 4 is 100 Å². The fourth-order valence-corrected chi connectivity index (χ4v) is 13.2. The third-order valence-electron chi connectivity index (χ3n) is 20.6. The zero-order valence-electron chi connectivity index (χ0n) is 72.1. The molecule has 126 heavy (non-hydrogen) atoms. The number of aliphatic hydroxyl groups is 13. The standard InChI is InChI=1S/C83H122N24O19/c1-11-45(9)67(105-75(118)57(30-48-22-24-52(108)25-23-48)99-77(120)65(43(5)6)103-70(113)54(20-16-26-91-83(86)87)95-69(112)53(84)34-64(110)111)80(123)101-60(33-51-38-90-41-94-51)81(124)107-27-17-21-62(107)76(119)98-56(29-47-18-14-13-15-19-47)71(114)97-58(31-49-36-88-39-92-49)72(115)96-55(28-42(3)4)74(117)104-66(44(7)8)78(121)106-68(46(10)12-2)79(122)100-59(32-50-37-89-40-93-50)73(116)102-61(82(125)126)35-63(85)109/h13-15,18-19,22-25,36-46,53-62,65-68,108H,11-12,16-17,20-21,26-35,84H2,1-10H3,(H2,85,109)(H,88,92)(H,89,93)(H,90,94)(H,95,112)(H,96,115)(H,97,114)(H,98,119)(H,99,120)(H,100,122)(H,101,123)(H,102,116)(H,103,113)(H,104,117)(H,105,118)(H,106,121)(H,110,111)(H,125,126)(H4,86,87,91)/t45-,46-,53+,54+,55-,56+,57+,58-,59-,60-,61-,62+,65+,66-,67-,68-/m0/s1. The van der Waals surface area contributed by atoms with Crippen molar-refractivity contribution in [2.45, 2.75) is 244 Å². The van der Waals surface area contributed by atoms with Crippen LogP contribution in [-0.2, 0) is 46.5 Å². The largest absolute Gasteiger partial charge is 0.508 e. The number of guanidine groups is 1. The number of phenols is 1. The molecule has 0 spiro atoms. The predicted octanol–water partition coefficient (Wildman–Crippen LogP) is 8.49. The van der Waals surface area contributed by atoms with E-state index in [1.54, 1.807) is 85.7 Å². The molecule has 2 aromatic carbocycles. The Morgan fingerprint density at radius 2 is 0.881 bits per heavy atom. The van der Waals surface area contributed by atoms with Crippen LogP contribution in [0.15, 0.2) is 152 Å². The first kappa shape index (κ1) is 101. The highest BCUT2D eigenvalue weighted by atomic mass is 16.4. The maximum Gasteiger partial charge on any atom is 0.329 e. The Morgan fingerprint density at radius 3 is 1.33 bits per heavy atom. The quantitative estimate of drug-likeness (QED) is 0.00985. The summed E-state index contributed by atoms with van der Waals surface area (Å²) in [5, 5.41) is 200. The Labute approximate surface area is 728 Å². The first-order valence-electron chi connectivity index (χ1n) is 41.4. The van der Waals surface area contributed by atoms with E-state index in [1.165, 1.54) is 66.7 Å². The Balaban J connectivity index is 1.40. The number of nitrogens with two attached hydrogens (primary N) is 2. The van der Waals surface area contributed by atoms with Crippen LogP contribution in [0.5, 0.6) is 5.75 Å². The number of rotatable bonds is 52. The molecule has 688 valence electrons. The number of benzene rings is 2. The van der Waals surface area contributed by atoms with Gasteiger partial charge in [-0.25, -0.2) is 79.7 Å². The summed E-state index contributed by atoms with van der Waals surface area (Å²) >= 11 is 0. The van der Waals surface area contributed by atoms with Crippen molar-refractivity contribution in [3.63, 3.8) is 0 Å². The summed E-state index contributed by atoms with van der Waals surface area (Å²) in [6.45, 7) is 17.3. The Kier molecular flexibility index (Phi) is 40.1. The average Bonchev–Trinajstić information content (AvgIpc) is 1.61. The predicted molar refractivity (Wildman–Crippen MR) is 480 cm³/mol. The van der Waals surface area contributed by atoms with Crippen LogP contribution >= 0.6 is 0 Å². The van der Waals surface area contributed by atoms with E-state index in [-0.39, 0.29) is 88.5 Å². The summed E-state index contributed by atoms with van der Waals surface area (Å²) in [4.78, 5) is 114. The Hall–Kier alpha value is -13.4. The fourth-order valence-electron chi connectivity index (χ4n) is 13.2. The number of carboxylic acids is 2. The van der Waals surface area contributed by atoms with Gasteiger partial charge in [-0.3, -0.25) is 20.4 Å². The SMILES string of the molecule is CC[C@H](C)[C@H](N=C(O)[C@@H](N=C(O)[C@H](CC(C)C)N=C(O)[C@H](Cc1cnc[nH]1)N=C(O)[C@@H](Cc1ccccc1)N=C(O)[C@H]1CCCN1C(=O)[C@H](Cc1cnc[nH]1)N=C(O)[C@@H](N=C(O)[C@@H](Cc1ccc(O)cc1)N=C(O)[C@H](N=C(O)[C@@H](CCCNC(=N)N)N=C(O)[C@H](N)CC(=O)O)C(C)C)[C@@H](C)CC)C(C)C)C(O)=N[C@@H](Cc1cnc[nH]1)C(O)=N[C@@H](CC(=N)O)C(=O)O. The monoisotopic (exact) mass is 1760 g/mol. The van der Waals surface area contributed by atoms with E-state index in [0.29, 0.717) is 47.5 Å². The van der Waals surface area contributed by atoms with Gasteiger partial charge in [-0.05, 0) is 85.0 Å². The molecule has 43 heteroatoms. The number of nitrogens with zero attached hydrogens (tertiary/aromatic N) is 16. The van der Waals surface area contributed by atoms with Gasteiger partial charge >= 0.3 is 11.9 Å². The molecule has 0 unspecified atom stereocenters. The molecule has 1 saturated heterocycles. The Morgan fingerprint density at radius 1 is 0.484 bits per heavy atom. The average molecular weight is 1760 g/mol. The number of aromatic amines is 3. The number of amides is 1. The molecule has 1 aliphatic rings. The van der Waals surface area contributed by atoms with Crippen LogP contribution in [-0.4, -0.2) is 315 Å². The van der Waals surface area contributed by atoms with E-state index in [0.717, 1.165) is 0 Å². The lowest BCUT2D eigenvalue weighted by atomic mass is 9.98. The molecule has 0 aliphatic carbocycles. The van der Waals surface area contributed by atoms with E-state index >= 15 is 4.79 Å². The van der Waals surface area contributed by atoms with Gasteiger partial charge in [-0.2, -0.15) is 0 Å². The van der Waals surface area contributed by atoms with E-state index in [9.17, 15) is 91.3 Å². The maximum absolute atomic E-state index is 15.4. The number of aromatic nitrogens is 6. The molecule has 26 N–H and O–H groups in total. The topological polar surface area (TPSA) is 724 Å². The number of carbonyl (C=O) groups excluding carboxylic acids is 1. The minimum Gasteiger partial charge on any atom is -0.508 e. The number of phenolic OH excluding ortho intramolecular Hbond substituents is 1. The summed E-state index contributed by atoms with van der Waals surface area (Å²) in [5.41, 5.74) is 13.6. The number of imidazole rings is 3. The lowest BCUT2D eigenvalue weighted by molar-refractivity contribution is -0.138. The van der Waals surface area contributed by atoms with Crippen LogP contribution in [0, 0.1) is 40.4 Å². The van der Waals surface area contributed by atoms with Crippen molar-refractivity contribution < 1.29 is 96.1 Å². The van der Waals surface area contributed by atoms with Gasteiger partial charge in [0, 0.05) is 80.9 Å². The third-order valence-corrected chi connectivity index (χ3v) is 20.6. The molecule has 0 radical (unpaired) electrons. The number of hydrogen-bond donors (Lipinski definition) is 24.